The van der Waals surface area contributed by atoms with Gasteiger partial charge in [0.2, 0.25) is 0 Å². The molecule has 1 aliphatic heterocycles. The molecule has 1 unspecified atom stereocenters. The van der Waals surface area contributed by atoms with Crippen molar-refractivity contribution in [1.29, 1.82) is 0 Å². The van der Waals surface area contributed by atoms with Crippen molar-refractivity contribution in [1.82, 2.24) is 0 Å². The standard InChI is InChI=1S/C6H12OS2/c1-9(7)6-4-2-3-5-8-9/h1-6H2. The summed E-state index contributed by atoms with van der Waals surface area (Å²) in [5, 5.41) is 0. The van der Waals surface area contributed by atoms with Crippen molar-refractivity contribution < 1.29 is 4.21 Å². The Morgan fingerprint density at radius 1 is 1.33 bits per heavy atom. The predicted molar refractivity (Wildman–Crippen MR) is 46.4 cm³/mol. The maximum Gasteiger partial charge on any atom is 0.0252 e. The zero-order valence-electron chi connectivity index (χ0n) is 5.47. The molecule has 0 spiro atoms. The molecule has 0 aromatic heterocycles. The zero-order valence-corrected chi connectivity index (χ0v) is 7.10. The van der Waals surface area contributed by atoms with Gasteiger partial charge >= 0.3 is 0 Å². The predicted octanol–water partition coefficient (Wildman–Crippen LogP) is 1.53. The van der Waals surface area contributed by atoms with Crippen LogP contribution in [0.5, 0.6) is 0 Å². The number of hydrogen-bond donors (Lipinski definition) is 0. The fourth-order valence-electron chi connectivity index (χ4n) is 0.871. The number of hydrogen-bond acceptors (Lipinski definition) is 2. The van der Waals surface area contributed by atoms with Crippen molar-refractivity contribution in [3.05, 3.63) is 0 Å². The number of rotatable bonds is 0. The Bertz CT molecular complexity index is 155. The van der Waals surface area contributed by atoms with Gasteiger partial charge in [0.25, 0.3) is 0 Å². The lowest BCUT2D eigenvalue weighted by Gasteiger charge is -1.99. The molecule has 0 aromatic rings. The van der Waals surface area contributed by atoms with Crippen molar-refractivity contribution >= 4 is 25.2 Å². The molecule has 0 aromatic carbocycles. The molecular weight excluding hydrogens is 152 g/mol. The average molecular weight is 164 g/mol. The lowest BCUT2D eigenvalue weighted by atomic mass is 10.3. The van der Waals surface area contributed by atoms with Gasteiger partial charge in [-0.15, -0.1) is 0 Å². The van der Waals surface area contributed by atoms with Crippen molar-refractivity contribution in [2.45, 2.75) is 19.3 Å². The fraction of sp³-hybridized carbons (Fsp3) is 0.833. The second-order valence-corrected chi connectivity index (χ2v) is 7.40. The Labute approximate surface area is 60.6 Å². The van der Waals surface area contributed by atoms with E-state index in [2.05, 4.69) is 5.87 Å². The summed E-state index contributed by atoms with van der Waals surface area (Å²) >= 11 is 0. The zero-order chi connectivity index (χ0) is 6.74. The summed E-state index contributed by atoms with van der Waals surface area (Å²) in [5.41, 5.74) is 0. The highest BCUT2D eigenvalue weighted by atomic mass is 33.1. The molecule has 1 saturated heterocycles. The molecular formula is C6H12OS2. The smallest absolute Gasteiger partial charge is 0.0252 e. The van der Waals surface area contributed by atoms with Crippen LogP contribution in [0.2, 0.25) is 0 Å². The van der Waals surface area contributed by atoms with Gasteiger partial charge in [-0.05, 0) is 18.7 Å². The first-order chi connectivity index (χ1) is 4.21. The van der Waals surface area contributed by atoms with Crippen LogP contribution in [0.4, 0.5) is 0 Å². The van der Waals surface area contributed by atoms with Crippen LogP contribution in [-0.4, -0.2) is 21.6 Å². The largest absolute Gasteiger partial charge is 0.257 e. The van der Waals surface area contributed by atoms with E-state index in [0.29, 0.717) is 0 Å². The van der Waals surface area contributed by atoms with Gasteiger partial charge in [0.05, 0.1) is 0 Å². The second kappa shape index (κ2) is 2.97. The first-order valence-electron chi connectivity index (χ1n) is 3.20. The third-order valence-corrected chi connectivity index (χ3v) is 5.48. The Morgan fingerprint density at radius 2 is 2.11 bits per heavy atom. The molecule has 1 aliphatic rings. The highest BCUT2D eigenvalue weighted by Gasteiger charge is 2.07. The van der Waals surface area contributed by atoms with Crippen LogP contribution < -0.4 is 0 Å². The van der Waals surface area contributed by atoms with Gasteiger partial charge in [0.15, 0.2) is 0 Å². The highest BCUT2D eigenvalue weighted by Crippen LogP contribution is 2.21. The van der Waals surface area contributed by atoms with E-state index in [0.717, 1.165) is 17.9 Å². The SMILES string of the molecule is C=S1(=O)CCCCCS1. The Kier molecular flexibility index (Phi) is 2.47. The summed E-state index contributed by atoms with van der Waals surface area (Å²) in [6, 6.07) is 0. The van der Waals surface area contributed by atoms with Gasteiger partial charge in [0, 0.05) is 20.1 Å². The van der Waals surface area contributed by atoms with Crippen LogP contribution in [0, 0.1) is 0 Å². The van der Waals surface area contributed by atoms with Gasteiger partial charge in [-0.25, -0.2) is 0 Å². The van der Waals surface area contributed by atoms with E-state index in [-0.39, 0.29) is 0 Å². The molecule has 54 valence electrons. The van der Waals surface area contributed by atoms with Crippen molar-refractivity contribution in [3.63, 3.8) is 0 Å². The van der Waals surface area contributed by atoms with E-state index in [1.165, 1.54) is 12.8 Å². The molecule has 1 fully saturated rings. The van der Waals surface area contributed by atoms with E-state index in [1.54, 1.807) is 10.8 Å². The fourth-order valence-corrected chi connectivity index (χ4v) is 4.23. The van der Waals surface area contributed by atoms with Crippen molar-refractivity contribution in [3.8, 4) is 0 Å². The summed E-state index contributed by atoms with van der Waals surface area (Å²) in [4.78, 5) is 0. The van der Waals surface area contributed by atoms with E-state index < -0.39 is 8.55 Å². The molecule has 0 bridgehead atoms. The summed E-state index contributed by atoms with van der Waals surface area (Å²) < 4.78 is 11.3. The van der Waals surface area contributed by atoms with Crippen LogP contribution in [0.3, 0.4) is 0 Å². The summed E-state index contributed by atoms with van der Waals surface area (Å²) in [6.07, 6.45) is 3.56. The molecule has 0 aliphatic carbocycles. The summed E-state index contributed by atoms with van der Waals surface area (Å²) in [7, 11) is -0.145. The Morgan fingerprint density at radius 3 is 2.89 bits per heavy atom. The minimum atomic E-state index is -1.70. The van der Waals surface area contributed by atoms with Crippen molar-refractivity contribution in [2.75, 3.05) is 11.5 Å². The van der Waals surface area contributed by atoms with Gasteiger partial charge in [-0.2, -0.15) is 0 Å². The van der Waals surface area contributed by atoms with Crippen LogP contribution >= 0.6 is 10.8 Å². The van der Waals surface area contributed by atoms with E-state index >= 15 is 0 Å². The van der Waals surface area contributed by atoms with E-state index in [4.69, 9.17) is 0 Å². The molecule has 0 saturated carbocycles. The van der Waals surface area contributed by atoms with Crippen LogP contribution in [0.25, 0.3) is 0 Å². The Balaban J connectivity index is 2.56. The Hall–Kier alpha value is 0.370. The molecule has 0 amide bonds. The molecule has 0 N–H and O–H groups in total. The first kappa shape index (κ1) is 7.48. The maximum atomic E-state index is 11.3. The third-order valence-electron chi connectivity index (χ3n) is 1.40. The maximum absolute atomic E-state index is 11.3. The van der Waals surface area contributed by atoms with Crippen LogP contribution in [-0.2, 0) is 8.55 Å². The highest BCUT2D eigenvalue weighted by molar-refractivity contribution is 8.75. The van der Waals surface area contributed by atoms with Crippen LogP contribution in [0.1, 0.15) is 19.3 Å². The molecule has 0 radical (unpaired) electrons. The average Bonchev–Trinajstić information content (AvgIpc) is 1.92. The van der Waals surface area contributed by atoms with E-state index in [9.17, 15) is 4.21 Å². The first-order valence-corrected chi connectivity index (χ1v) is 6.60. The minimum Gasteiger partial charge on any atom is -0.257 e. The molecule has 1 nitrogen and oxygen atoms in total. The second-order valence-electron chi connectivity index (χ2n) is 2.33. The normalized spacial score (nSPS) is 37.8. The molecule has 3 heteroatoms. The van der Waals surface area contributed by atoms with Crippen molar-refractivity contribution in [2.24, 2.45) is 0 Å². The monoisotopic (exact) mass is 164 g/mol. The van der Waals surface area contributed by atoms with Gasteiger partial charge in [0.1, 0.15) is 0 Å². The molecule has 9 heavy (non-hydrogen) atoms. The molecule has 1 atom stereocenters. The van der Waals surface area contributed by atoms with Gasteiger partial charge in [-0.3, -0.25) is 4.21 Å². The minimum absolute atomic E-state index is 0.831. The summed E-state index contributed by atoms with van der Waals surface area (Å²) in [6.45, 7) is 0. The van der Waals surface area contributed by atoms with E-state index in [1.807, 2.05) is 0 Å². The molecule has 1 heterocycles. The topological polar surface area (TPSA) is 17.1 Å². The van der Waals surface area contributed by atoms with Gasteiger partial charge in [-0.1, -0.05) is 17.2 Å². The lowest BCUT2D eigenvalue weighted by molar-refractivity contribution is 0.686. The molecule has 1 rings (SSSR count). The van der Waals surface area contributed by atoms with Gasteiger partial charge < -0.3 is 0 Å². The van der Waals surface area contributed by atoms with Crippen LogP contribution in [0.15, 0.2) is 0 Å². The quantitative estimate of drug-likeness (QED) is 0.399. The summed E-state index contributed by atoms with van der Waals surface area (Å²) in [5.74, 6) is 5.56. The lowest BCUT2D eigenvalue weighted by Crippen LogP contribution is -1.96. The third kappa shape index (κ3) is 2.63.